The first-order valence-electron chi connectivity index (χ1n) is 7.86. The first-order valence-corrected chi connectivity index (χ1v) is 7.86. The van der Waals surface area contributed by atoms with Gasteiger partial charge in [-0.1, -0.05) is 0 Å². The summed E-state index contributed by atoms with van der Waals surface area (Å²) < 4.78 is 27.5. The molecule has 1 fully saturated rings. The molecule has 0 atom stereocenters. The Labute approximate surface area is 140 Å². The van der Waals surface area contributed by atoms with Crippen molar-refractivity contribution in [1.82, 2.24) is 29.5 Å². The van der Waals surface area contributed by atoms with Crippen LogP contribution in [0.1, 0.15) is 12.8 Å². The topological polar surface area (TPSA) is 83.8 Å². The number of aromatic nitrogens is 6. The predicted molar refractivity (Wildman–Crippen MR) is 87.5 cm³/mol. The van der Waals surface area contributed by atoms with Crippen molar-refractivity contribution in [2.45, 2.75) is 24.8 Å². The molecule has 0 spiro atoms. The molecular weight excluding hydrogens is 328 g/mol. The zero-order valence-electron chi connectivity index (χ0n) is 12.9. The van der Waals surface area contributed by atoms with Crippen LogP contribution in [0.5, 0.6) is 0 Å². The van der Waals surface area contributed by atoms with Crippen molar-refractivity contribution in [2.24, 2.45) is 0 Å². The minimum absolute atomic E-state index is 0.178. The Bertz CT molecular complexity index is 1080. The number of fused-ring (bicyclic) bond motifs is 2. The molecular formula is C16H13F2N7. The van der Waals surface area contributed by atoms with E-state index in [2.05, 4.69) is 30.4 Å². The first-order chi connectivity index (χ1) is 12.1. The van der Waals surface area contributed by atoms with Gasteiger partial charge in [0.15, 0.2) is 5.65 Å². The number of aromatic amines is 1. The molecule has 0 radical (unpaired) electrons. The van der Waals surface area contributed by atoms with Crippen molar-refractivity contribution in [2.75, 3.05) is 5.32 Å². The third-order valence-corrected chi connectivity index (χ3v) is 4.44. The van der Waals surface area contributed by atoms with E-state index in [-0.39, 0.29) is 18.9 Å². The maximum absolute atomic E-state index is 12.9. The van der Waals surface area contributed by atoms with Crippen molar-refractivity contribution in [3.05, 3.63) is 37.1 Å². The van der Waals surface area contributed by atoms with Crippen LogP contribution in [0.3, 0.4) is 0 Å². The molecule has 0 amide bonds. The second-order valence-electron chi connectivity index (χ2n) is 6.24. The van der Waals surface area contributed by atoms with Crippen LogP contribution < -0.4 is 5.32 Å². The normalized spacial score (nSPS) is 17.0. The smallest absolute Gasteiger partial charge is 0.252 e. The third kappa shape index (κ3) is 2.39. The number of nitrogens with one attached hydrogen (secondary N) is 2. The molecule has 0 saturated heterocycles. The van der Waals surface area contributed by atoms with Crippen LogP contribution in [-0.4, -0.2) is 41.5 Å². The Balaban J connectivity index is 1.46. The van der Waals surface area contributed by atoms with Crippen molar-refractivity contribution < 1.29 is 8.78 Å². The van der Waals surface area contributed by atoms with Crippen LogP contribution in [0.25, 0.3) is 27.8 Å². The molecule has 1 aliphatic rings. The van der Waals surface area contributed by atoms with Gasteiger partial charge in [-0.05, 0) is 12.1 Å². The molecule has 4 aromatic heterocycles. The molecule has 4 heterocycles. The van der Waals surface area contributed by atoms with Crippen LogP contribution >= 0.6 is 0 Å². The minimum Gasteiger partial charge on any atom is -0.351 e. The lowest BCUT2D eigenvalue weighted by Crippen LogP contribution is -2.44. The maximum Gasteiger partial charge on any atom is 0.252 e. The van der Waals surface area contributed by atoms with E-state index >= 15 is 0 Å². The van der Waals surface area contributed by atoms with E-state index in [0.717, 1.165) is 22.2 Å². The lowest BCUT2D eigenvalue weighted by Gasteiger charge is -2.35. The molecule has 9 heteroatoms. The number of H-pyrrole nitrogens is 1. The Morgan fingerprint density at radius 2 is 2.12 bits per heavy atom. The van der Waals surface area contributed by atoms with Crippen molar-refractivity contribution in [3.63, 3.8) is 0 Å². The standard InChI is InChI=1S/C16H13F2N7/c17-16(18)3-10(4-16)23-15-20-6-12-11(5-19-14(12)24-15)9-1-2-13-21-8-22-25(13)7-9/h1-2,5-8,10H,3-4H2,(H2,19,20,23,24). The van der Waals surface area contributed by atoms with E-state index in [1.54, 1.807) is 10.7 Å². The molecule has 2 N–H and O–H groups in total. The number of rotatable bonds is 3. The van der Waals surface area contributed by atoms with Gasteiger partial charge in [0.25, 0.3) is 5.92 Å². The number of halogens is 2. The summed E-state index contributed by atoms with van der Waals surface area (Å²) in [5.74, 6) is -2.21. The highest BCUT2D eigenvalue weighted by Crippen LogP contribution is 2.38. The average molecular weight is 341 g/mol. The Morgan fingerprint density at radius 1 is 1.24 bits per heavy atom. The molecule has 0 bridgehead atoms. The van der Waals surface area contributed by atoms with E-state index in [9.17, 15) is 8.78 Å². The lowest BCUT2D eigenvalue weighted by atomic mass is 9.88. The summed E-state index contributed by atoms with van der Waals surface area (Å²) in [7, 11) is 0. The van der Waals surface area contributed by atoms with Crippen LogP contribution in [0, 0.1) is 0 Å². The van der Waals surface area contributed by atoms with E-state index in [0.29, 0.717) is 11.6 Å². The van der Waals surface area contributed by atoms with Gasteiger partial charge in [0.2, 0.25) is 5.95 Å². The van der Waals surface area contributed by atoms with Gasteiger partial charge in [-0.2, -0.15) is 10.1 Å². The Hall–Kier alpha value is -3.10. The van der Waals surface area contributed by atoms with Crippen molar-refractivity contribution in [1.29, 1.82) is 0 Å². The summed E-state index contributed by atoms with van der Waals surface area (Å²) >= 11 is 0. The quantitative estimate of drug-likeness (QED) is 0.599. The van der Waals surface area contributed by atoms with Gasteiger partial charge in [0.05, 0.1) is 0 Å². The number of hydrogen-bond acceptors (Lipinski definition) is 5. The van der Waals surface area contributed by atoms with E-state index in [1.807, 2.05) is 24.5 Å². The summed E-state index contributed by atoms with van der Waals surface area (Å²) in [5.41, 5.74) is 3.31. The molecule has 5 rings (SSSR count). The number of hydrogen-bond donors (Lipinski definition) is 2. The van der Waals surface area contributed by atoms with Gasteiger partial charge in [0.1, 0.15) is 12.0 Å². The zero-order chi connectivity index (χ0) is 17.0. The molecule has 0 aliphatic heterocycles. The second-order valence-corrected chi connectivity index (χ2v) is 6.24. The second kappa shape index (κ2) is 4.95. The highest BCUT2D eigenvalue weighted by atomic mass is 19.3. The van der Waals surface area contributed by atoms with Crippen molar-refractivity contribution in [3.8, 4) is 11.1 Å². The van der Waals surface area contributed by atoms with Gasteiger partial charge in [-0.3, -0.25) is 0 Å². The summed E-state index contributed by atoms with van der Waals surface area (Å²) in [6.07, 6.45) is 6.56. The van der Waals surface area contributed by atoms with E-state index < -0.39 is 5.92 Å². The van der Waals surface area contributed by atoms with Crippen LogP contribution in [-0.2, 0) is 0 Å². The SMILES string of the molecule is FC1(F)CC(Nc2ncc3c(-c4ccc5ncnn5c4)c[nH]c3n2)C1. The molecule has 0 aromatic carbocycles. The number of anilines is 1. The lowest BCUT2D eigenvalue weighted by molar-refractivity contribution is -0.0794. The molecule has 1 saturated carbocycles. The molecule has 126 valence electrons. The fourth-order valence-corrected chi connectivity index (χ4v) is 3.14. The predicted octanol–water partition coefficient (Wildman–Crippen LogP) is 2.88. The van der Waals surface area contributed by atoms with Gasteiger partial charge < -0.3 is 10.3 Å². The van der Waals surface area contributed by atoms with Gasteiger partial charge in [0, 0.05) is 54.0 Å². The van der Waals surface area contributed by atoms with E-state index in [4.69, 9.17) is 0 Å². The summed E-state index contributed by atoms with van der Waals surface area (Å²) in [5, 5.41) is 7.94. The molecule has 1 aliphatic carbocycles. The molecule has 0 unspecified atom stereocenters. The molecule has 4 aromatic rings. The minimum atomic E-state index is -2.57. The Kier molecular flexibility index (Phi) is 2.82. The number of alkyl halides is 2. The fraction of sp³-hybridized carbons (Fsp3) is 0.250. The van der Waals surface area contributed by atoms with Gasteiger partial charge in [-0.25, -0.2) is 23.3 Å². The first kappa shape index (κ1) is 14.3. The van der Waals surface area contributed by atoms with Crippen LogP contribution in [0.4, 0.5) is 14.7 Å². The van der Waals surface area contributed by atoms with Gasteiger partial charge >= 0.3 is 0 Å². The third-order valence-electron chi connectivity index (χ3n) is 4.44. The van der Waals surface area contributed by atoms with Crippen LogP contribution in [0.2, 0.25) is 0 Å². The highest BCUT2D eigenvalue weighted by molar-refractivity contribution is 5.93. The average Bonchev–Trinajstić information content (AvgIpc) is 3.18. The summed E-state index contributed by atoms with van der Waals surface area (Å²) in [4.78, 5) is 15.9. The summed E-state index contributed by atoms with van der Waals surface area (Å²) in [6, 6.07) is 3.56. The number of pyridine rings is 1. The van der Waals surface area contributed by atoms with Crippen molar-refractivity contribution >= 4 is 22.6 Å². The summed E-state index contributed by atoms with van der Waals surface area (Å²) in [6.45, 7) is 0. The fourth-order valence-electron chi connectivity index (χ4n) is 3.14. The zero-order valence-corrected chi connectivity index (χ0v) is 12.9. The Morgan fingerprint density at radius 3 is 2.96 bits per heavy atom. The monoisotopic (exact) mass is 341 g/mol. The highest BCUT2D eigenvalue weighted by Gasteiger charge is 2.45. The maximum atomic E-state index is 12.9. The van der Waals surface area contributed by atoms with Crippen LogP contribution in [0.15, 0.2) is 37.1 Å². The number of nitrogens with zero attached hydrogens (tertiary/aromatic N) is 5. The molecule has 7 nitrogen and oxygen atoms in total. The van der Waals surface area contributed by atoms with E-state index in [1.165, 1.54) is 6.33 Å². The molecule has 25 heavy (non-hydrogen) atoms. The van der Waals surface area contributed by atoms with Gasteiger partial charge in [-0.15, -0.1) is 0 Å². The largest absolute Gasteiger partial charge is 0.351 e.